The molecule has 0 spiro atoms. The van der Waals surface area contributed by atoms with Crippen LogP contribution < -0.4 is 19.2 Å². The molecule has 1 aliphatic heterocycles. The number of amides is 2. The Balaban J connectivity index is 2.22. The van der Waals surface area contributed by atoms with E-state index in [0.717, 1.165) is 6.42 Å². The minimum absolute atomic E-state index is 0.302. The lowest BCUT2D eigenvalue weighted by Gasteiger charge is -2.13. The second-order valence-electron chi connectivity index (χ2n) is 4.53. The fraction of sp³-hybridized carbons (Fsp3) is 0.417. The first-order valence-electron chi connectivity index (χ1n) is 6.29. The summed E-state index contributed by atoms with van der Waals surface area (Å²) in [4.78, 5) is 11.6. The molecule has 0 saturated carbocycles. The number of hydrogen-bond donors (Lipinski definition) is 2. The maximum atomic E-state index is 12.0. The number of rotatable bonds is 3. The molecule has 2 amide bonds. The van der Waals surface area contributed by atoms with E-state index >= 15 is 0 Å². The average molecular weight is 298 g/mol. The molecule has 0 saturated heterocycles. The van der Waals surface area contributed by atoms with Gasteiger partial charge in [-0.2, -0.15) is 8.42 Å². The Morgan fingerprint density at radius 3 is 2.50 bits per heavy atom. The van der Waals surface area contributed by atoms with E-state index in [0.29, 0.717) is 23.6 Å². The highest BCUT2D eigenvalue weighted by Gasteiger charge is 2.35. The van der Waals surface area contributed by atoms with Crippen molar-refractivity contribution in [1.82, 2.24) is 5.32 Å². The van der Waals surface area contributed by atoms with E-state index in [1.165, 1.54) is 22.7 Å². The van der Waals surface area contributed by atoms with Crippen molar-refractivity contribution in [2.24, 2.45) is 0 Å². The third kappa shape index (κ3) is 2.38. The van der Waals surface area contributed by atoms with Crippen molar-refractivity contribution in [2.45, 2.75) is 13.3 Å². The molecule has 2 N–H and O–H groups in total. The molecular weight excluding hydrogens is 280 g/mol. The molecule has 1 aromatic carbocycles. The molecule has 7 nitrogen and oxygen atoms in total. The Morgan fingerprint density at radius 1 is 1.20 bits per heavy atom. The maximum Gasteiger partial charge on any atom is 0.326 e. The lowest BCUT2D eigenvalue weighted by atomic mass is 10.2. The fourth-order valence-electron chi connectivity index (χ4n) is 1.97. The van der Waals surface area contributed by atoms with E-state index < -0.39 is 10.2 Å². The molecule has 0 aliphatic carbocycles. The first kappa shape index (κ1) is 14.4. The van der Waals surface area contributed by atoms with Crippen LogP contribution in [0.25, 0.3) is 0 Å². The molecule has 0 atom stereocenters. The lowest BCUT2D eigenvalue weighted by Crippen LogP contribution is -2.32. The van der Waals surface area contributed by atoms with Crippen molar-refractivity contribution < 1.29 is 13.2 Å². The number of urea groups is 1. The minimum Gasteiger partial charge on any atom is -0.338 e. The molecular formula is C12H18N4O3S. The zero-order valence-electron chi connectivity index (χ0n) is 11.7. The molecule has 2 rings (SSSR count). The zero-order valence-corrected chi connectivity index (χ0v) is 12.5. The Hall–Kier alpha value is -1.96. The van der Waals surface area contributed by atoms with Gasteiger partial charge in [0.25, 0.3) is 0 Å². The van der Waals surface area contributed by atoms with Crippen LogP contribution in [0.1, 0.15) is 13.3 Å². The third-order valence-corrected chi connectivity index (χ3v) is 4.92. The van der Waals surface area contributed by atoms with Crippen molar-refractivity contribution in [2.75, 3.05) is 34.6 Å². The molecule has 20 heavy (non-hydrogen) atoms. The largest absolute Gasteiger partial charge is 0.338 e. The van der Waals surface area contributed by atoms with E-state index in [1.807, 2.05) is 6.92 Å². The van der Waals surface area contributed by atoms with Gasteiger partial charge in [0.15, 0.2) is 0 Å². The van der Waals surface area contributed by atoms with E-state index in [2.05, 4.69) is 10.6 Å². The van der Waals surface area contributed by atoms with E-state index in [-0.39, 0.29) is 6.03 Å². The number of hydrogen-bond acceptors (Lipinski definition) is 3. The van der Waals surface area contributed by atoms with Crippen LogP contribution in [-0.4, -0.2) is 35.1 Å². The lowest BCUT2D eigenvalue weighted by molar-refractivity contribution is 0.252. The smallest absolute Gasteiger partial charge is 0.326 e. The molecule has 0 fully saturated rings. The number of carbonyl (C=O) groups excluding carboxylic acids is 1. The average Bonchev–Trinajstić information content (AvgIpc) is 2.58. The number of nitrogens with zero attached hydrogens (tertiary/aromatic N) is 2. The first-order valence-corrected chi connectivity index (χ1v) is 7.69. The quantitative estimate of drug-likeness (QED) is 0.883. The normalized spacial score (nSPS) is 15.9. The predicted molar refractivity (Wildman–Crippen MR) is 79.5 cm³/mol. The molecule has 0 aromatic heterocycles. The van der Waals surface area contributed by atoms with Gasteiger partial charge in [-0.1, -0.05) is 6.92 Å². The van der Waals surface area contributed by atoms with Crippen LogP contribution in [0.5, 0.6) is 0 Å². The van der Waals surface area contributed by atoms with Crippen molar-refractivity contribution in [3.05, 3.63) is 18.2 Å². The van der Waals surface area contributed by atoms with E-state index in [4.69, 9.17) is 0 Å². The second kappa shape index (κ2) is 5.20. The van der Waals surface area contributed by atoms with Crippen molar-refractivity contribution in [1.29, 1.82) is 0 Å². The number of benzene rings is 1. The first-order chi connectivity index (χ1) is 9.37. The van der Waals surface area contributed by atoms with Crippen LogP contribution in [-0.2, 0) is 10.2 Å². The van der Waals surface area contributed by atoms with Gasteiger partial charge in [0.1, 0.15) is 0 Å². The van der Waals surface area contributed by atoms with Crippen LogP contribution in [0.4, 0.5) is 21.9 Å². The summed E-state index contributed by atoms with van der Waals surface area (Å²) in [7, 11) is -0.500. The molecule has 1 aromatic rings. The van der Waals surface area contributed by atoms with Crippen molar-refractivity contribution in [3.63, 3.8) is 0 Å². The van der Waals surface area contributed by atoms with Crippen LogP contribution in [0.15, 0.2) is 18.2 Å². The standard InChI is InChI=1S/C12H18N4O3S/c1-4-7-13-12(17)14-9-5-6-10-11(8-9)16(3)20(18,19)15(10)2/h5-6,8H,4,7H2,1-3H3,(H2,13,14,17). The number of anilines is 3. The highest BCUT2D eigenvalue weighted by atomic mass is 32.2. The molecule has 1 aliphatic rings. The summed E-state index contributed by atoms with van der Waals surface area (Å²) in [6.45, 7) is 2.55. The van der Waals surface area contributed by atoms with E-state index in [1.54, 1.807) is 18.2 Å². The van der Waals surface area contributed by atoms with Gasteiger partial charge in [-0.05, 0) is 24.6 Å². The van der Waals surface area contributed by atoms with Gasteiger partial charge < -0.3 is 10.6 Å². The third-order valence-electron chi connectivity index (χ3n) is 3.14. The van der Waals surface area contributed by atoms with Gasteiger partial charge >= 0.3 is 16.2 Å². The predicted octanol–water partition coefficient (Wildman–Crippen LogP) is 1.35. The summed E-state index contributed by atoms with van der Waals surface area (Å²) in [5, 5.41) is 5.37. The second-order valence-corrected chi connectivity index (χ2v) is 6.52. The van der Waals surface area contributed by atoms with Gasteiger partial charge in [-0.15, -0.1) is 0 Å². The monoisotopic (exact) mass is 298 g/mol. The Labute approximate surface area is 118 Å². The number of nitrogens with one attached hydrogen (secondary N) is 2. The number of fused-ring (bicyclic) bond motifs is 1. The van der Waals surface area contributed by atoms with Crippen molar-refractivity contribution in [3.8, 4) is 0 Å². The summed E-state index contributed by atoms with van der Waals surface area (Å²) < 4.78 is 26.4. The van der Waals surface area contributed by atoms with Crippen LogP contribution in [0.2, 0.25) is 0 Å². The van der Waals surface area contributed by atoms with Crippen molar-refractivity contribution >= 4 is 33.3 Å². The summed E-state index contributed by atoms with van der Waals surface area (Å²) in [5.41, 5.74) is 1.68. The summed E-state index contributed by atoms with van der Waals surface area (Å²) in [5.74, 6) is 0. The highest BCUT2D eigenvalue weighted by molar-refractivity contribution is 7.94. The highest BCUT2D eigenvalue weighted by Crippen LogP contribution is 2.40. The zero-order chi connectivity index (χ0) is 14.9. The molecule has 110 valence electrons. The maximum absolute atomic E-state index is 12.0. The summed E-state index contributed by atoms with van der Waals surface area (Å²) >= 11 is 0. The SMILES string of the molecule is CCCNC(=O)Nc1ccc2c(c1)N(C)S(=O)(=O)N2C. The van der Waals surface area contributed by atoms with Crippen LogP contribution >= 0.6 is 0 Å². The molecule has 8 heteroatoms. The van der Waals surface area contributed by atoms with E-state index in [9.17, 15) is 13.2 Å². The molecule has 0 radical (unpaired) electrons. The van der Waals surface area contributed by atoms with Gasteiger partial charge in [0, 0.05) is 26.3 Å². The number of carbonyl (C=O) groups is 1. The minimum atomic E-state index is -3.48. The topological polar surface area (TPSA) is 81.8 Å². The van der Waals surface area contributed by atoms with Gasteiger partial charge in [-0.25, -0.2) is 4.79 Å². The van der Waals surface area contributed by atoms with Crippen LogP contribution in [0, 0.1) is 0 Å². The fourth-order valence-corrected chi connectivity index (χ4v) is 3.13. The molecule has 1 heterocycles. The van der Waals surface area contributed by atoms with Crippen LogP contribution in [0.3, 0.4) is 0 Å². The Kier molecular flexibility index (Phi) is 3.76. The molecule has 0 bridgehead atoms. The summed E-state index contributed by atoms with van der Waals surface area (Å²) in [6.07, 6.45) is 0.851. The van der Waals surface area contributed by atoms with Gasteiger partial charge in [0.2, 0.25) is 0 Å². The van der Waals surface area contributed by atoms with Gasteiger partial charge in [-0.3, -0.25) is 8.61 Å². The Bertz CT molecular complexity index is 630. The Morgan fingerprint density at radius 2 is 1.85 bits per heavy atom. The van der Waals surface area contributed by atoms with Gasteiger partial charge in [0.05, 0.1) is 11.4 Å². The summed E-state index contributed by atoms with van der Waals surface area (Å²) in [6, 6.07) is 4.69. The molecule has 0 unspecified atom stereocenters.